The summed E-state index contributed by atoms with van der Waals surface area (Å²) in [7, 11) is 20.3. The van der Waals surface area contributed by atoms with Crippen LogP contribution in [0.3, 0.4) is 0 Å². The number of fused-ring (bicyclic) bond motifs is 3. The molecule has 0 amide bonds. The maximum absolute atomic E-state index is 14.0. The number of methoxy groups -OCH3 is 13. The second-order valence-corrected chi connectivity index (χ2v) is 29.2. The highest BCUT2D eigenvalue weighted by Gasteiger charge is 2.20. The fourth-order valence-corrected chi connectivity index (χ4v) is 12.9. The number of benzene rings is 13. The van der Waals surface area contributed by atoms with Crippen molar-refractivity contribution < 1.29 is 128 Å². The lowest BCUT2D eigenvalue weighted by atomic mass is 10.0. The number of para-hydroxylation sites is 1. The van der Waals surface area contributed by atoms with Gasteiger partial charge in [0.2, 0.25) is 10.5 Å². The zero-order valence-corrected chi connectivity index (χ0v) is 82.1. The number of ether oxygens (including phenoxy) is 13. The molecule has 0 atom stereocenters. The Morgan fingerprint density at radius 1 is 0.289 bits per heavy atom. The van der Waals surface area contributed by atoms with Crippen molar-refractivity contribution in [3.63, 3.8) is 0 Å². The third-order valence-corrected chi connectivity index (χ3v) is 19.7. The summed E-state index contributed by atoms with van der Waals surface area (Å²) in [5, 5.41) is 38.9. The molecule has 0 spiro atoms. The van der Waals surface area contributed by atoms with E-state index in [2.05, 4.69) is 23.2 Å². The lowest BCUT2D eigenvalue weighted by Gasteiger charge is -2.10. The van der Waals surface area contributed by atoms with Gasteiger partial charge in [0.25, 0.3) is 0 Å². The molecule has 31 heteroatoms. The van der Waals surface area contributed by atoms with Gasteiger partial charge in [-0.15, -0.1) is 23.2 Å². The van der Waals surface area contributed by atoms with Crippen molar-refractivity contribution >= 4 is 101 Å². The predicted octanol–water partition coefficient (Wildman–Crippen LogP) is 27.5. The third kappa shape index (κ3) is 38.8. The number of aromatic hydroxyl groups is 4. The van der Waals surface area contributed by atoms with Crippen LogP contribution in [0.15, 0.2) is 298 Å². The molecule has 3 aromatic heterocycles. The Labute approximate surface area is 845 Å². The van der Waals surface area contributed by atoms with Crippen LogP contribution in [0.4, 0.5) is 13.2 Å². The van der Waals surface area contributed by atoms with E-state index in [9.17, 15) is 47.7 Å². The Bertz CT molecular complexity index is 6460. The Morgan fingerprint density at radius 3 is 1.04 bits per heavy atom. The number of furan rings is 3. The van der Waals surface area contributed by atoms with Gasteiger partial charge in [-0.05, 0) is 273 Å². The van der Waals surface area contributed by atoms with E-state index in [1.807, 2.05) is 73.7 Å². The molecule has 0 radical (unpaired) electrons. The molecule has 0 bridgehead atoms. The number of halogens is 7. The molecule has 0 fully saturated rings. The number of phenolic OH excluding ortho intramolecular Hbond substituents is 4. The van der Waals surface area contributed by atoms with Gasteiger partial charge in [0.15, 0.2) is 11.6 Å². The second-order valence-electron chi connectivity index (χ2n) is 28.4. The molecule has 3 heterocycles. The average molecular weight is 2040 g/mol. The number of alkyl halides is 2. The van der Waals surface area contributed by atoms with E-state index in [0.29, 0.717) is 91.1 Å². The fourth-order valence-electron chi connectivity index (χ4n) is 12.6. The van der Waals surface area contributed by atoms with Crippen molar-refractivity contribution in [3.8, 4) is 120 Å². The van der Waals surface area contributed by atoms with Crippen LogP contribution in [0, 0.1) is 24.4 Å². The van der Waals surface area contributed by atoms with Gasteiger partial charge in [0.1, 0.15) is 149 Å². The zero-order chi connectivity index (χ0) is 102. The van der Waals surface area contributed by atoms with Crippen LogP contribution < -0.4 is 61.6 Å². The monoisotopic (exact) mass is 2030 g/mol. The standard InChI is InChI=1S/C17H17FO4.C17H18O4.C14H9FO3.C14H10O3.2C10H11ClO3.C10H10O2.C7H7FO.C7H8O.2CH3Cl.3CH4/c1-20-12-5-7-17(22-3)11(8-12)9-16(19)14-6-4-13(21-2)10-15(14)18;1-19-14-6-4-12(5-7-14)16(18)11-13-10-15(20-2)8-9-17(13)21-3;15-12-7-10(17)1-3-11(12)14-6-8-5-9(16)2-4-13(8)18-14;15-11-3-1-9(2-4-11)14-8-10-7-12(16)5-6-13(10)17-14;2*1-13-8-3-4-9(14-2)7(5-8)6-10(11)12;1-7-5-8-6-9(11-2)3-4-10(8)12-7;1-9-7-4-2-3-6(8)5-7;1-8-7-5-3-2-4-6-7;2*1-2;;;/h4-8,10H,9H2,1-3H3;4-10H,11H2,1-3H3;1-7,16-17H;1-8,15-16H;2*3-5H,6H2,1-2H3;3-6H,1-2H3;2-5H,1H3;2-6H,1H3;2*1H3;3*1H4. The average Bonchev–Trinajstić information content (AvgIpc) is 1.66. The SMILES string of the molecule is C.C.C.CCl.CCl.COc1ccc(C(=O)Cc2cc(OC)ccc2OC)c(F)c1.COc1ccc(C(=O)Cc2cc(OC)ccc2OC)cc1.COc1ccc(OC)c(CC(=O)Cl)c1.COc1ccc(OC)c(CC(=O)Cl)c1.COc1ccc2oc(C)cc2c1.COc1cccc(F)c1.COc1ccccc1.Oc1ccc(-c2cc3cc(O)ccc3o2)c(F)c1.Oc1ccc(-c2cc3cc(O)ccc3o2)cc1. The predicted molar refractivity (Wildman–Crippen MR) is 556 cm³/mol. The maximum Gasteiger partial charge on any atom is 0.226 e. The van der Waals surface area contributed by atoms with Gasteiger partial charge >= 0.3 is 0 Å². The molecule has 756 valence electrons. The molecule has 24 nitrogen and oxygen atoms in total. The van der Waals surface area contributed by atoms with Crippen LogP contribution in [-0.2, 0) is 35.3 Å². The highest BCUT2D eigenvalue weighted by Crippen LogP contribution is 2.36. The van der Waals surface area contributed by atoms with Gasteiger partial charge < -0.3 is 95.3 Å². The Hall–Kier alpha value is -15.3. The number of aryl methyl sites for hydroxylation is 1. The summed E-state index contributed by atoms with van der Waals surface area (Å²) in [5.41, 5.74) is 6.92. The van der Waals surface area contributed by atoms with Crippen molar-refractivity contribution in [2.75, 3.05) is 105 Å². The quantitative estimate of drug-likeness (QED) is 0.0235. The van der Waals surface area contributed by atoms with E-state index >= 15 is 0 Å². The van der Waals surface area contributed by atoms with Gasteiger partial charge in [-0.2, -0.15) is 0 Å². The number of rotatable bonds is 25. The Kier molecular flexibility index (Phi) is 54.5. The van der Waals surface area contributed by atoms with E-state index < -0.39 is 22.1 Å². The van der Waals surface area contributed by atoms with E-state index in [1.54, 1.807) is 234 Å². The molecule has 0 aliphatic heterocycles. The summed E-state index contributed by atoms with van der Waals surface area (Å²) >= 11 is 19.9. The van der Waals surface area contributed by atoms with Gasteiger partial charge in [-0.3, -0.25) is 19.2 Å². The number of ketones is 2. The minimum absolute atomic E-state index is 0. The van der Waals surface area contributed by atoms with Crippen molar-refractivity contribution in [2.45, 2.75) is 54.9 Å². The number of carbonyl (C=O) groups is 4. The van der Waals surface area contributed by atoms with Crippen molar-refractivity contribution in [2.24, 2.45) is 0 Å². The van der Waals surface area contributed by atoms with E-state index in [4.69, 9.17) is 103 Å². The molecule has 13 aromatic carbocycles. The first-order chi connectivity index (χ1) is 67.0. The van der Waals surface area contributed by atoms with Crippen LogP contribution in [0.5, 0.6) is 97.7 Å². The molecule has 0 aliphatic rings. The van der Waals surface area contributed by atoms with E-state index in [0.717, 1.165) is 73.3 Å². The molecule has 0 saturated carbocycles. The van der Waals surface area contributed by atoms with Crippen LogP contribution in [0.2, 0.25) is 0 Å². The largest absolute Gasteiger partial charge is 0.508 e. The molecule has 0 aliphatic carbocycles. The van der Waals surface area contributed by atoms with Crippen LogP contribution in [0.1, 0.15) is 71.0 Å². The van der Waals surface area contributed by atoms with Gasteiger partial charge in [-0.1, -0.05) is 46.5 Å². The Morgan fingerprint density at radius 2 is 0.627 bits per heavy atom. The normalized spacial score (nSPS) is 9.68. The summed E-state index contributed by atoms with van der Waals surface area (Å²) in [5.74, 6) is 9.28. The summed E-state index contributed by atoms with van der Waals surface area (Å²) in [6.07, 6.45) is 3.50. The molecule has 16 aromatic rings. The number of carbonyl (C=O) groups excluding carboxylic acids is 4. The molecular weight excluding hydrogens is 1920 g/mol. The van der Waals surface area contributed by atoms with Crippen molar-refractivity contribution in [3.05, 3.63) is 342 Å². The third-order valence-electron chi connectivity index (χ3n) is 19.4. The van der Waals surface area contributed by atoms with Crippen molar-refractivity contribution in [1.29, 1.82) is 0 Å². The highest BCUT2D eigenvalue weighted by molar-refractivity contribution is 6.64. The smallest absolute Gasteiger partial charge is 0.226 e. The first-order valence-corrected chi connectivity index (χ1v) is 43.9. The number of Topliss-reactive ketones (excluding diaryl/α,β-unsaturated/α-hetero) is 2. The first kappa shape index (κ1) is 121. The maximum atomic E-state index is 14.0. The zero-order valence-electron chi connectivity index (χ0n) is 79.1. The van der Waals surface area contributed by atoms with Crippen LogP contribution in [0.25, 0.3) is 55.6 Å². The second kappa shape index (κ2) is 64.1. The van der Waals surface area contributed by atoms with Crippen LogP contribution >= 0.6 is 46.4 Å². The molecular formula is C111H119Cl4F3O24. The Balaban J connectivity index is 0.000000413. The van der Waals surface area contributed by atoms with E-state index in [-0.39, 0.29) is 99.5 Å². The molecule has 0 unspecified atom stereocenters. The number of phenols is 4. The lowest BCUT2D eigenvalue weighted by Crippen LogP contribution is -2.07. The summed E-state index contributed by atoms with van der Waals surface area (Å²) in [4.78, 5) is 46.2. The van der Waals surface area contributed by atoms with Gasteiger partial charge in [0, 0.05) is 93.3 Å². The minimum atomic E-state index is -0.605. The summed E-state index contributed by atoms with van der Waals surface area (Å²) < 4.78 is 122. The summed E-state index contributed by atoms with van der Waals surface area (Å²) in [6, 6.07) is 79.6. The number of hydrogen-bond acceptors (Lipinski definition) is 24. The molecule has 4 N–H and O–H groups in total. The highest BCUT2D eigenvalue weighted by atomic mass is 35.5. The lowest BCUT2D eigenvalue weighted by molar-refractivity contribution is -0.111. The van der Waals surface area contributed by atoms with Gasteiger partial charge in [0.05, 0.1) is 116 Å². The van der Waals surface area contributed by atoms with Crippen molar-refractivity contribution in [1.82, 2.24) is 0 Å². The summed E-state index contributed by atoms with van der Waals surface area (Å²) in [6.45, 7) is 1.94. The van der Waals surface area contributed by atoms with Gasteiger partial charge in [-0.25, -0.2) is 13.2 Å². The van der Waals surface area contributed by atoms with E-state index in [1.165, 1.54) is 83.7 Å². The number of hydrogen-bond donors (Lipinski definition) is 4. The molecule has 142 heavy (non-hydrogen) atoms. The van der Waals surface area contributed by atoms with Crippen LogP contribution in [-0.4, -0.2) is 148 Å². The molecule has 0 saturated heterocycles. The first-order valence-electron chi connectivity index (χ1n) is 41.7. The molecule has 16 rings (SSSR count). The topological polar surface area (TPSA) is 309 Å². The minimum Gasteiger partial charge on any atom is -0.508 e. The fraction of sp³-hybridized carbons (Fsp3) is 0.207.